The molecule has 0 N–H and O–H groups in total. The van der Waals surface area contributed by atoms with Crippen molar-refractivity contribution in [2.75, 3.05) is 0 Å². The number of aryl methyl sites for hydroxylation is 1. The smallest absolute Gasteiger partial charge is 0.195 e. The highest BCUT2D eigenvalue weighted by molar-refractivity contribution is 5.76. The maximum absolute atomic E-state index is 13.4. The summed E-state index contributed by atoms with van der Waals surface area (Å²) in [7, 11) is 0. The van der Waals surface area contributed by atoms with Gasteiger partial charge < -0.3 is 4.42 Å². The third-order valence-electron chi connectivity index (χ3n) is 3.11. The zero-order valence-electron chi connectivity index (χ0n) is 11.1. The lowest BCUT2D eigenvalue weighted by molar-refractivity contribution is 0.514. The van der Waals surface area contributed by atoms with Crippen molar-refractivity contribution in [3.05, 3.63) is 66.3 Å². The van der Waals surface area contributed by atoms with Crippen molar-refractivity contribution in [3.63, 3.8) is 0 Å². The van der Waals surface area contributed by atoms with E-state index in [0.717, 1.165) is 11.1 Å². The highest BCUT2D eigenvalue weighted by Gasteiger charge is 2.16. The number of hydrogen-bond donors (Lipinski definition) is 0. The third-order valence-corrected chi connectivity index (χ3v) is 3.11. The van der Waals surface area contributed by atoms with Gasteiger partial charge in [-0.2, -0.15) is 0 Å². The van der Waals surface area contributed by atoms with Gasteiger partial charge in [0.2, 0.25) is 0 Å². The fourth-order valence-corrected chi connectivity index (χ4v) is 2.13. The van der Waals surface area contributed by atoms with Crippen LogP contribution in [0.2, 0.25) is 0 Å². The molecule has 0 aliphatic heterocycles. The second-order valence-electron chi connectivity index (χ2n) is 4.52. The van der Waals surface area contributed by atoms with Gasteiger partial charge in [0.05, 0.1) is 0 Å². The summed E-state index contributed by atoms with van der Waals surface area (Å²) >= 11 is 0. The first-order valence-electron chi connectivity index (χ1n) is 6.59. The standard InChI is InChI=1S/C17H14FNO/c1-2-15-19-16(13-9-6-10-14(18)11-13)17(20-15)12-7-4-3-5-8-12/h3-11H,2H2,1H3. The highest BCUT2D eigenvalue weighted by atomic mass is 19.1. The first kappa shape index (κ1) is 12.6. The van der Waals surface area contributed by atoms with Crippen LogP contribution in [0.15, 0.2) is 59.0 Å². The Kier molecular flexibility index (Phi) is 3.33. The Bertz CT molecular complexity index is 719. The summed E-state index contributed by atoms with van der Waals surface area (Å²) in [5.74, 6) is 1.07. The lowest BCUT2D eigenvalue weighted by Gasteiger charge is -2.01. The number of nitrogens with zero attached hydrogens (tertiary/aromatic N) is 1. The van der Waals surface area contributed by atoms with Crippen molar-refractivity contribution in [3.8, 4) is 22.6 Å². The number of aromatic nitrogens is 1. The Balaban J connectivity index is 2.18. The molecule has 2 nitrogen and oxygen atoms in total. The van der Waals surface area contributed by atoms with E-state index >= 15 is 0 Å². The molecule has 1 heterocycles. The summed E-state index contributed by atoms with van der Waals surface area (Å²) in [6, 6.07) is 16.2. The molecule has 1 aromatic heterocycles. The van der Waals surface area contributed by atoms with Gasteiger partial charge in [-0.3, -0.25) is 0 Å². The molecule has 0 aliphatic rings. The van der Waals surface area contributed by atoms with Crippen LogP contribution in [0, 0.1) is 5.82 Å². The van der Waals surface area contributed by atoms with Gasteiger partial charge in [-0.15, -0.1) is 0 Å². The van der Waals surface area contributed by atoms with Crippen LogP contribution < -0.4 is 0 Å². The predicted octanol–water partition coefficient (Wildman–Crippen LogP) is 4.71. The molecular formula is C17H14FNO. The minimum Gasteiger partial charge on any atom is -0.440 e. The Hall–Kier alpha value is -2.42. The molecule has 0 amide bonds. The molecule has 3 aromatic rings. The molecule has 0 radical (unpaired) electrons. The summed E-state index contributed by atoms with van der Waals surface area (Å²) in [5.41, 5.74) is 2.36. The maximum Gasteiger partial charge on any atom is 0.195 e. The molecular weight excluding hydrogens is 253 g/mol. The van der Waals surface area contributed by atoms with E-state index < -0.39 is 0 Å². The molecule has 20 heavy (non-hydrogen) atoms. The van der Waals surface area contributed by atoms with Crippen molar-refractivity contribution in [1.29, 1.82) is 0 Å². The molecule has 0 bridgehead atoms. The van der Waals surface area contributed by atoms with Gasteiger partial charge in [0, 0.05) is 17.5 Å². The van der Waals surface area contributed by atoms with Crippen LogP contribution >= 0.6 is 0 Å². The molecule has 0 saturated carbocycles. The molecule has 0 spiro atoms. The van der Waals surface area contributed by atoms with Gasteiger partial charge >= 0.3 is 0 Å². The number of oxazole rings is 1. The van der Waals surface area contributed by atoms with E-state index in [4.69, 9.17) is 4.42 Å². The fraction of sp³-hybridized carbons (Fsp3) is 0.118. The monoisotopic (exact) mass is 267 g/mol. The second-order valence-corrected chi connectivity index (χ2v) is 4.52. The Morgan fingerprint density at radius 1 is 1.00 bits per heavy atom. The predicted molar refractivity (Wildman–Crippen MR) is 76.7 cm³/mol. The van der Waals surface area contributed by atoms with Crippen LogP contribution in [0.1, 0.15) is 12.8 Å². The molecule has 0 aliphatic carbocycles. The van der Waals surface area contributed by atoms with Gasteiger partial charge in [0.25, 0.3) is 0 Å². The molecule has 3 rings (SSSR count). The Labute approximate surface area is 116 Å². The second kappa shape index (κ2) is 5.29. The van der Waals surface area contributed by atoms with Gasteiger partial charge in [-0.05, 0) is 12.1 Å². The maximum atomic E-state index is 13.4. The lowest BCUT2D eigenvalue weighted by atomic mass is 10.1. The van der Waals surface area contributed by atoms with E-state index in [-0.39, 0.29) is 5.82 Å². The first-order chi connectivity index (χ1) is 9.78. The number of hydrogen-bond acceptors (Lipinski definition) is 2. The normalized spacial score (nSPS) is 10.7. The van der Waals surface area contributed by atoms with Crippen molar-refractivity contribution >= 4 is 0 Å². The van der Waals surface area contributed by atoms with E-state index in [1.807, 2.05) is 43.3 Å². The van der Waals surface area contributed by atoms with Crippen molar-refractivity contribution in [1.82, 2.24) is 4.98 Å². The van der Waals surface area contributed by atoms with Crippen LogP contribution in [-0.4, -0.2) is 4.98 Å². The number of benzene rings is 2. The quantitative estimate of drug-likeness (QED) is 0.686. The third kappa shape index (κ3) is 2.35. The average Bonchev–Trinajstić information content (AvgIpc) is 2.92. The zero-order chi connectivity index (χ0) is 13.9. The van der Waals surface area contributed by atoms with E-state index in [1.54, 1.807) is 6.07 Å². The van der Waals surface area contributed by atoms with Crippen molar-refractivity contribution in [2.24, 2.45) is 0 Å². The van der Waals surface area contributed by atoms with Crippen LogP contribution in [0.5, 0.6) is 0 Å². The largest absolute Gasteiger partial charge is 0.440 e. The van der Waals surface area contributed by atoms with Crippen molar-refractivity contribution < 1.29 is 8.81 Å². The molecule has 100 valence electrons. The van der Waals surface area contributed by atoms with Crippen LogP contribution in [-0.2, 0) is 6.42 Å². The molecule has 0 fully saturated rings. The number of halogens is 1. The summed E-state index contributed by atoms with van der Waals surface area (Å²) in [6.07, 6.45) is 0.704. The molecule has 2 aromatic carbocycles. The zero-order valence-corrected chi connectivity index (χ0v) is 11.1. The topological polar surface area (TPSA) is 26.0 Å². The van der Waals surface area contributed by atoms with E-state index in [2.05, 4.69) is 4.98 Å². The SMILES string of the molecule is CCc1nc(-c2cccc(F)c2)c(-c2ccccc2)o1. The van der Waals surface area contributed by atoms with Crippen molar-refractivity contribution in [2.45, 2.75) is 13.3 Å². The van der Waals surface area contributed by atoms with Gasteiger partial charge in [-0.1, -0.05) is 49.4 Å². The average molecular weight is 267 g/mol. The molecule has 0 saturated heterocycles. The van der Waals surface area contributed by atoms with Crippen LogP contribution in [0.25, 0.3) is 22.6 Å². The summed E-state index contributed by atoms with van der Waals surface area (Å²) in [4.78, 5) is 4.48. The Morgan fingerprint density at radius 2 is 1.75 bits per heavy atom. The highest BCUT2D eigenvalue weighted by Crippen LogP contribution is 2.32. The van der Waals surface area contributed by atoms with Crippen LogP contribution in [0.4, 0.5) is 4.39 Å². The summed E-state index contributed by atoms with van der Waals surface area (Å²) < 4.78 is 19.2. The van der Waals surface area contributed by atoms with Gasteiger partial charge in [0.15, 0.2) is 11.7 Å². The number of rotatable bonds is 3. The van der Waals surface area contributed by atoms with Gasteiger partial charge in [0.1, 0.15) is 11.5 Å². The summed E-state index contributed by atoms with van der Waals surface area (Å²) in [5, 5.41) is 0. The molecule has 0 atom stereocenters. The van der Waals surface area contributed by atoms with Crippen LogP contribution in [0.3, 0.4) is 0 Å². The fourth-order valence-electron chi connectivity index (χ4n) is 2.13. The van der Waals surface area contributed by atoms with E-state index in [0.29, 0.717) is 23.8 Å². The molecule has 0 unspecified atom stereocenters. The molecule has 3 heteroatoms. The van der Waals surface area contributed by atoms with E-state index in [1.165, 1.54) is 12.1 Å². The summed E-state index contributed by atoms with van der Waals surface area (Å²) in [6.45, 7) is 1.98. The Morgan fingerprint density at radius 3 is 2.45 bits per heavy atom. The van der Waals surface area contributed by atoms with Gasteiger partial charge in [-0.25, -0.2) is 9.37 Å². The lowest BCUT2D eigenvalue weighted by Crippen LogP contribution is -1.84. The minimum absolute atomic E-state index is 0.275. The first-order valence-corrected chi connectivity index (χ1v) is 6.59. The van der Waals surface area contributed by atoms with E-state index in [9.17, 15) is 4.39 Å². The minimum atomic E-state index is -0.275.